The van der Waals surface area contributed by atoms with Crippen LogP contribution in [-0.4, -0.2) is 26.4 Å². The first kappa shape index (κ1) is 25.8. The number of aromatic nitrogens is 1. The zero-order chi connectivity index (χ0) is 26.1. The number of rotatable bonds is 7. The van der Waals surface area contributed by atoms with E-state index in [9.17, 15) is 34.8 Å². The molecule has 1 aliphatic rings. The molecule has 36 heavy (non-hydrogen) atoms. The van der Waals surface area contributed by atoms with Crippen molar-refractivity contribution in [1.82, 2.24) is 4.98 Å². The molecular formula is C24H20F6N2O3S. The standard InChI is InChI=1S/C24H20F6N2O3S/c25-21(26)9-4-14-12-15(24(28,29)30)5-7-17(14)18-10-11-35-20-13-16(6-8-19(18)20)36(33,34)32-23-3-1-2-22(27)31-23/h1-3,5-8,12-13,18,21H,4,9-11H2,(H,31,32). The van der Waals surface area contributed by atoms with Gasteiger partial charge in [0.1, 0.15) is 11.6 Å². The van der Waals surface area contributed by atoms with Gasteiger partial charge < -0.3 is 4.74 Å². The summed E-state index contributed by atoms with van der Waals surface area (Å²) in [6.45, 7) is 0.134. The fourth-order valence-corrected chi connectivity index (χ4v) is 5.14. The number of halogens is 6. The molecule has 0 fully saturated rings. The van der Waals surface area contributed by atoms with E-state index in [1.807, 2.05) is 0 Å². The Morgan fingerprint density at radius 2 is 1.81 bits per heavy atom. The Balaban J connectivity index is 1.69. The monoisotopic (exact) mass is 530 g/mol. The van der Waals surface area contributed by atoms with Crippen LogP contribution in [0.5, 0.6) is 5.75 Å². The molecule has 12 heteroatoms. The van der Waals surface area contributed by atoms with Gasteiger partial charge in [0.15, 0.2) is 0 Å². The summed E-state index contributed by atoms with van der Waals surface area (Å²) in [6.07, 6.45) is -7.79. The highest BCUT2D eigenvalue weighted by Gasteiger charge is 2.33. The summed E-state index contributed by atoms with van der Waals surface area (Å²) in [7, 11) is -4.16. The predicted octanol–water partition coefficient (Wildman–Crippen LogP) is 6.15. The summed E-state index contributed by atoms with van der Waals surface area (Å²) >= 11 is 0. The number of aryl methyl sites for hydroxylation is 1. The molecule has 0 radical (unpaired) electrons. The lowest BCUT2D eigenvalue weighted by Gasteiger charge is -2.29. The molecule has 1 aliphatic heterocycles. The van der Waals surface area contributed by atoms with Gasteiger partial charge in [-0.15, -0.1) is 0 Å². The first-order valence-electron chi connectivity index (χ1n) is 10.8. The van der Waals surface area contributed by atoms with E-state index in [1.54, 1.807) is 0 Å². The minimum Gasteiger partial charge on any atom is -0.493 e. The van der Waals surface area contributed by atoms with Crippen molar-refractivity contribution in [2.24, 2.45) is 0 Å². The van der Waals surface area contributed by atoms with Gasteiger partial charge in [-0.3, -0.25) is 4.72 Å². The summed E-state index contributed by atoms with van der Waals surface area (Å²) < 4.78 is 112. The number of nitrogens with zero attached hydrogens (tertiary/aromatic N) is 1. The van der Waals surface area contributed by atoms with Gasteiger partial charge in [0, 0.05) is 24.0 Å². The van der Waals surface area contributed by atoms with Crippen LogP contribution in [0.15, 0.2) is 59.5 Å². The van der Waals surface area contributed by atoms with Gasteiger partial charge in [0.05, 0.1) is 17.1 Å². The molecule has 1 N–H and O–H groups in total. The van der Waals surface area contributed by atoms with E-state index in [2.05, 4.69) is 9.71 Å². The highest BCUT2D eigenvalue weighted by molar-refractivity contribution is 7.92. The van der Waals surface area contributed by atoms with E-state index in [1.165, 1.54) is 36.4 Å². The zero-order valence-electron chi connectivity index (χ0n) is 18.5. The fraction of sp³-hybridized carbons (Fsp3) is 0.292. The van der Waals surface area contributed by atoms with E-state index in [-0.39, 0.29) is 35.1 Å². The summed E-state index contributed by atoms with van der Waals surface area (Å²) in [5.41, 5.74) is 0.188. The van der Waals surface area contributed by atoms with E-state index in [0.717, 1.165) is 18.2 Å². The molecule has 2 heterocycles. The molecule has 0 saturated heterocycles. The second-order valence-electron chi connectivity index (χ2n) is 8.18. The number of nitrogens with one attached hydrogen (secondary N) is 1. The second kappa shape index (κ2) is 10.00. The molecule has 0 spiro atoms. The summed E-state index contributed by atoms with van der Waals surface area (Å²) in [6, 6.07) is 10.7. The molecule has 1 atom stereocenters. The maximum absolute atomic E-state index is 13.3. The maximum atomic E-state index is 13.3. The molecule has 0 saturated carbocycles. The third kappa shape index (κ3) is 5.75. The first-order valence-corrected chi connectivity index (χ1v) is 12.3. The number of benzene rings is 2. The lowest BCUT2D eigenvalue weighted by atomic mass is 9.82. The molecule has 4 rings (SSSR count). The third-order valence-electron chi connectivity index (χ3n) is 5.77. The Hall–Kier alpha value is -3.28. The molecule has 5 nitrogen and oxygen atoms in total. The topological polar surface area (TPSA) is 68.3 Å². The molecule has 192 valence electrons. The first-order chi connectivity index (χ1) is 16.9. The average Bonchev–Trinajstić information content (AvgIpc) is 2.81. The molecule has 0 aliphatic carbocycles. The highest BCUT2D eigenvalue weighted by atomic mass is 32.2. The Morgan fingerprint density at radius 1 is 1.06 bits per heavy atom. The smallest absolute Gasteiger partial charge is 0.416 e. The molecule has 0 amide bonds. The molecule has 0 bridgehead atoms. The van der Waals surface area contributed by atoms with Crippen molar-refractivity contribution in [2.45, 2.75) is 42.7 Å². The lowest BCUT2D eigenvalue weighted by molar-refractivity contribution is -0.137. The number of hydrogen-bond donors (Lipinski definition) is 1. The Kier molecular flexibility index (Phi) is 7.17. The summed E-state index contributed by atoms with van der Waals surface area (Å²) in [4.78, 5) is 3.27. The quantitative estimate of drug-likeness (QED) is 0.294. The third-order valence-corrected chi connectivity index (χ3v) is 7.12. The van der Waals surface area contributed by atoms with Crippen LogP contribution in [0.4, 0.5) is 32.2 Å². The maximum Gasteiger partial charge on any atom is 0.416 e. The molecule has 3 aromatic rings. The van der Waals surface area contributed by atoms with Crippen LogP contribution in [0.25, 0.3) is 0 Å². The van der Waals surface area contributed by atoms with Gasteiger partial charge in [-0.2, -0.15) is 17.6 Å². The van der Waals surface area contributed by atoms with Crippen LogP contribution in [0.1, 0.15) is 41.0 Å². The van der Waals surface area contributed by atoms with Crippen LogP contribution in [0.2, 0.25) is 0 Å². The average molecular weight is 530 g/mol. The van der Waals surface area contributed by atoms with Gasteiger partial charge in [-0.05, 0) is 54.3 Å². The number of alkyl halides is 5. The van der Waals surface area contributed by atoms with E-state index in [0.29, 0.717) is 17.5 Å². The number of hydrogen-bond acceptors (Lipinski definition) is 4. The van der Waals surface area contributed by atoms with Crippen LogP contribution < -0.4 is 9.46 Å². The number of ether oxygens (including phenoxy) is 1. The van der Waals surface area contributed by atoms with Crippen molar-refractivity contribution in [3.63, 3.8) is 0 Å². The Bertz CT molecular complexity index is 1360. The van der Waals surface area contributed by atoms with Crippen molar-refractivity contribution in [2.75, 3.05) is 11.3 Å². The van der Waals surface area contributed by atoms with Crippen molar-refractivity contribution < 1.29 is 39.5 Å². The van der Waals surface area contributed by atoms with Gasteiger partial charge in [0.2, 0.25) is 12.4 Å². The van der Waals surface area contributed by atoms with Crippen LogP contribution in [0, 0.1) is 5.95 Å². The lowest BCUT2D eigenvalue weighted by Crippen LogP contribution is -2.19. The van der Waals surface area contributed by atoms with E-state index in [4.69, 9.17) is 4.74 Å². The van der Waals surface area contributed by atoms with Gasteiger partial charge >= 0.3 is 6.18 Å². The fourth-order valence-electron chi connectivity index (χ4n) is 4.12. The number of sulfonamides is 1. The minimum absolute atomic E-state index is 0.134. The van der Waals surface area contributed by atoms with Gasteiger partial charge in [-0.1, -0.05) is 18.2 Å². The van der Waals surface area contributed by atoms with Crippen molar-refractivity contribution in [3.8, 4) is 5.75 Å². The van der Waals surface area contributed by atoms with E-state index < -0.39 is 46.5 Å². The summed E-state index contributed by atoms with van der Waals surface area (Å²) in [5.74, 6) is -1.38. The molecule has 2 aromatic carbocycles. The molecule has 1 aromatic heterocycles. The SMILES string of the molecule is O=S(=O)(Nc1cccc(F)n1)c1ccc2c(c1)OCCC2c1ccc(C(F)(F)F)cc1CCC(F)F. The zero-order valence-corrected chi connectivity index (χ0v) is 19.3. The predicted molar refractivity (Wildman–Crippen MR) is 119 cm³/mol. The Morgan fingerprint density at radius 3 is 2.50 bits per heavy atom. The van der Waals surface area contributed by atoms with Crippen molar-refractivity contribution in [3.05, 3.63) is 82.8 Å². The number of pyridine rings is 1. The van der Waals surface area contributed by atoms with Crippen LogP contribution in [0.3, 0.4) is 0 Å². The van der Waals surface area contributed by atoms with Gasteiger partial charge in [-0.25, -0.2) is 22.2 Å². The normalized spacial score (nSPS) is 15.9. The second-order valence-corrected chi connectivity index (χ2v) is 9.86. The highest BCUT2D eigenvalue weighted by Crippen LogP contribution is 2.42. The largest absolute Gasteiger partial charge is 0.493 e. The summed E-state index contributed by atoms with van der Waals surface area (Å²) in [5, 5.41) is 0. The molecular weight excluding hydrogens is 510 g/mol. The number of anilines is 1. The van der Waals surface area contributed by atoms with Crippen molar-refractivity contribution >= 4 is 15.8 Å². The van der Waals surface area contributed by atoms with Crippen molar-refractivity contribution in [1.29, 1.82) is 0 Å². The van der Waals surface area contributed by atoms with Crippen LogP contribution in [-0.2, 0) is 22.6 Å². The molecule has 1 unspecified atom stereocenters. The van der Waals surface area contributed by atoms with Crippen LogP contribution >= 0.6 is 0 Å². The van der Waals surface area contributed by atoms with Gasteiger partial charge in [0.25, 0.3) is 10.0 Å². The Labute approximate surface area is 203 Å². The number of fused-ring (bicyclic) bond motifs is 1. The minimum atomic E-state index is -4.63. The van der Waals surface area contributed by atoms with E-state index >= 15 is 0 Å².